The Kier molecular flexibility index (Phi) is 7.13. The van der Waals surface area contributed by atoms with Crippen molar-refractivity contribution in [2.24, 2.45) is 0 Å². The molecular formula is C18H17ClN2O6. The van der Waals surface area contributed by atoms with Crippen molar-refractivity contribution in [3.05, 3.63) is 63.2 Å². The van der Waals surface area contributed by atoms with Gasteiger partial charge in [0.1, 0.15) is 11.4 Å². The van der Waals surface area contributed by atoms with Gasteiger partial charge >= 0.3 is 5.97 Å². The van der Waals surface area contributed by atoms with E-state index in [1.165, 1.54) is 19.2 Å². The van der Waals surface area contributed by atoms with Gasteiger partial charge in [-0.25, -0.2) is 0 Å². The van der Waals surface area contributed by atoms with Crippen LogP contribution in [-0.4, -0.2) is 30.5 Å². The summed E-state index contributed by atoms with van der Waals surface area (Å²) in [5, 5.41) is 13.5. The highest BCUT2D eigenvalue weighted by molar-refractivity contribution is 6.31. The molecule has 2 rings (SSSR count). The van der Waals surface area contributed by atoms with E-state index in [1.54, 1.807) is 6.07 Å². The van der Waals surface area contributed by atoms with Gasteiger partial charge in [0.25, 0.3) is 11.6 Å². The SMILES string of the molecule is COc1ccccc1CCC(=O)OCC(=O)Nc1ccc(Cl)cc1[N+](=O)[O-]. The summed E-state index contributed by atoms with van der Waals surface area (Å²) in [7, 11) is 1.54. The van der Waals surface area contributed by atoms with Gasteiger partial charge in [0.2, 0.25) is 0 Å². The van der Waals surface area contributed by atoms with Crippen LogP contribution in [0.2, 0.25) is 5.02 Å². The molecule has 1 amide bonds. The van der Waals surface area contributed by atoms with Crippen LogP contribution in [0.4, 0.5) is 11.4 Å². The molecule has 2 aromatic rings. The maximum Gasteiger partial charge on any atom is 0.306 e. The number of nitrogens with zero attached hydrogens (tertiary/aromatic N) is 1. The highest BCUT2D eigenvalue weighted by Gasteiger charge is 2.17. The lowest BCUT2D eigenvalue weighted by atomic mass is 10.1. The summed E-state index contributed by atoms with van der Waals surface area (Å²) in [6, 6.07) is 11.1. The Morgan fingerprint density at radius 2 is 1.96 bits per heavy atom. The number of carbonyl (C=O) groups excluding carboxylic acids is 2. The number of esters is 1. The van der Waals surface area contributed by atoms with E-state index in [-0.39, 0.29) is 22.8 Å². The molecule has 0 bridgehead atoms. The molecule has 0 atom stereocenters. The number of hydrogen-bond donors (Lipinski definition) is 1. The summed E-state index contributed by atoms with van der Waals surface area (Å²) < 4.78 is 10.1. The Morgan fingerprint density at radius 1 is 1.22 bits per heavy atom. The first-order chi connectivity index (χ1) is 12.9. The number of methoxy groups -OCH3 is 1. The summed E-state index contributed by atoms with van der Waals surface area (Å²) >= 11 is 5.71. The molecule has 0 saturated heterocycles. The molecule has 27 heavy (non-hydrogen) atoms. The number of carbonyl (C=O) groups is 2. The Morgan fingerprint density at radius 3 is 2.67 bits per heavy atom. The fraction of sp³-hybridized carbons (Fsp3) is 0.222. The van der Waals surface area contributed by atoms with E-state index in [0.29, 0.717) is 12.2 Å². The number of rotatable bonds is 8. The van der Waals surface area contributed by atoms with Crippen LogP contribution in [0.3, 0.4) is 0 Å². The number of nitrogens with one attached hydrogen (secondary N) is 1. The van der Waals surface area contributed by atoms with Crippen LogP contribution in [0, 0.1) is 10.1 Å². The first-order valence-electron chi connectivity index (χ1n) is 7.92. The number of nitro groups is 1. The molecular weight excluding hydrogens is 376 g/mol. The van der Waals surface area contributed by atoms with Crippen molar-refractivity contribution in [3.63, 3.8) is 0 Å². The molecule has 142 valence electrons. The van der Waals surface area contributed by atoms with Gasteiger partial charge in [-0.2, -0.15) is 0 Å². The Balaban J connectivity index is 1.85. The smallest absolute Gasteiger partial charge is 0.306 e. The molecule has 2 aromatic carbocycles. The van der Waals surface area contributed by atoms with Crippen molar-refractivity contribution in [1.82, 2.24) is 0 Å². The number of benzene rings is 2. The van der Waals surface area contributed by atoms with Gasteiger partial charge in [0.05, 0.1) is 12.0 Å². The molecule has 0 aliphatic heterocycles. The second-order valence-corrected chi connectivity index (χ2v) is 5.88. The van der Waals surface area contributed by atoms with E-state index in [9.17, 15) is 19.7 Å². The van der Waals surface area contributed by atoms with E-state index in [1.807, 2.05) is 18.2 Å². The van der Waals surface area contributed by atoms with Gasteiger partial charge in [-0.05, 0) is 30.2 Å². The molecule has 0 heterocycles. The van der Waals surface area contributed by atoms with Crippen LogP contribution in [0.5, 0.6) is 5.75 Å². The highest BCUT2D eigenvalue weighted by atomic mass is 35.5. The van der Waals surface area contributed by atoms with Crippen molar-refractivity contribution in [3.8, 4) is 5.75 Å². The molecule has 8 nitrogen and oxygen atoms in total. The van der Waals surface area contributed by atoms with E-state index in [4.69, 9.17) is 21.1 Å². The molecule has 0 unspecified atom stereocenters. The monoisotopic (exact) mass is 392 g/mol. The maximum atomic E-state index is 11.9. The van der Waals surface area contributed by atoms with E-state index >= 15 is 0 Å². The molecule has 0 fully saturated rings. The second kappa shape index (κ2) is 9.54. The molecule has 0 aliphatic carbocycles. The van der Waals surface area contributed by atoms with Crippen LogP contribution in [-0.2, 0) is 20.7 Å². The topological polar surface area (TPSA) is 108 Å². The lowest BCUT2D eigenvalue weighted by Gasteiger charge is -2.09. The summed E-state index contributed by atoms with van der Waals surface area (Å²) in [4.78, 5) is 34.0. The van der Waals surface area contributed by atoms with Crippen molar-refractivity contribution in [1.29, 1.82) is 0 Å². The summed E-state index contributed by atoms with van der Waals surface area (Å²) in [6.07, 6.45) is 0.460. The zero-order valence-corrected chi connectivity index (χ0v) is 15.2. The number of halogens is 1. The van der Waals surface area contributed by atoms with Gasteiger partial charge in [-0.3, -0.25) is 19.7 Å². The van der Waals surface area contributed by atoms with Crippen LogP contribution >= 0.6 is 11.6 Å². The average Bonchev–Trinajstić information content (AvgIpc) is 2.66. The predicted molar refractivity (Wildman–Crippen MR) is 99.0 cm³/mol. The van der Waals surface area contributed by atoms with Crippen molar-refractivity contribution in [2.45, 2.75) is 12.8 Å². The number of amides is 1. The van der Waals surface area contributed by atoms with Crippen molar-refractivity contribution in [2.75, 3.05) is 19.0 Å². The van der Waals surface area contributed by atoms with Crippen LogP contribution in [0.25, 0.3) is 0 Å². The fourth-order valence-electron chi connectivity index (χ4n) is 2.31. The highest BCUT2D eigenvalue weighted by Crippen LogP contribution is 2.27. The third-order valence-corrected chi connectivity index (χ3v) is 3.82. The normalized spacial score (nSPS) is 10.1. The first kappa shape index (κ1) is 20.2. The maximum absolute atomic E-state index is 11.9. The van der Waals surface area contributed by atoms with Crippen LogP contribution in [0.15, 0.2) is 42.5 Å². The summed E-state index contributed by atoms with van der Waals surface area (Å²) in [6.45, 7) is -0.551. The Hall–Kier alpha value is -3.13. The van der Waals surface area contributed by atoms with Gasteiger partial charge in [-0.1, -0.05) is 29.8 Å². The van der Waals surface area contributed by atoms with E-state index in [2.05, 4.69) is 5.32 Å². The van der Waals surface area contributed by atoms with Crippen LogP contribution < -0.4 is 10.1 Å². The zero-order chi connectivity index (χ0) is 19.8. The third kappa shape index (κ3) is 5.96. The Bertz CT molecular complexity index is 855. The number of aryl methyl sites for hydroxylation is 1. The molecule has 0 aromatic heterocycles. The minimum atomic E-state index is -0.689. The number of ether oxygens (including phenoxy) is 2. The molecule has 0 saturated carbocycles. The van der Waals surface area contributed by atoms with Crippen molar-refractivity contribution < 1.29 is 24.0 Å². The number of para-hydroxylation sites is 1. The number of nitro benzene ring substituents is 1. The Labute approximate surface area is 160 Å². The molecule has 0 radical (unpaired) electrons. The van der Waals surface area contributed by atoms with Crippen molar-refractivity contribution >= 4 is 34.9 Å². The lowest BCUT2D eigenvalue weighted by Crippen LogP contribution is -2.21. The number of anilines is 1. The lowest BCUT2D eigenvalue weighted by molar-refractivity contribution is -0.383. The minimum Gasteiger partial charge on any atom is -0.496 e. The van der Waals surface area contributed by atoms with E-state index in [0.717, 1.165) is 11.6 Å². The standard InChI is InChI=1S/C18H17ClN2O6/c1-26-16-5-3-2-4-12(16)6-9-18(23)27-11-17(22)20-14-8-7-13(19)10-15(14)21(24)25/h2-5,7-8,10H,6,9,11H2,1H3,(H,20,22). The molecule has 1 N–H and O–H groups in total. The fourth-order valence-corrected chi connectivity index (χ4v) is 2.48. The van der Waals surface area contributed by atoms with Gasteiger partial charge in [0, 0.05) is 17.5 Å². The second-order valence-electron chi connectivity index (χ2n) is 5.44. The molecule has 0 spiro atoms. The average molecular weight is 393 g/mol. The zero-order valence-electron chi connectivity index (χ0n) is 14.4. The largest absolute Gasteiger partial charge is 0.496 e. The summed E-state index contributed by atoms with van der Waals surface area (Å²) in [5.74, 6) is -0.592. The van der Waals surface area contributed by atoms with Gasteiger partial charge in [0.15, 0.2) is 6.61 Å². The quantitative estimate of drug-likeness (QED) is 0.419. The number of hydrogen-bond acceptors (Lipinski definition) is 6. The van der Waals surface area contributed by atoms with E-state index < -0.39 is 23.4 Å². The third-order valence-electron chi connectivity index (χ3n) is 3.59. The van der Waals surface area contributed by atoms with Gasteiger partial charge < -0.3 is 14.8 Å². The predicted octanol–water partition coefficient (Wildman–Crippen LogP) is 3.37. The summed E-state index contributed by atoms with van der Waals surface area (Å²) in [5.41, 5.74) is 0.469. The first-order valence-corrected chi connectivity index (χ1v) is 8.30. The van der Waals surface area contributed by atoms with Gasteiger partial charge in [-0.15, -0.1) is 0 Å². The molecule has 0 aliphatic rings. The minimum absolute atomic E-state index is 0.0283. The molecule has 9 heteroatoms. The van der Waals surface area contributed by atoms with Crippen LogP contribution in [0.1, 0.15) is 12.0 Å².